The van der Waals surface area contributed by atoms with E-state index in [0.717, 1.165) is 12.0 Å². The van der Waals surface area contributed by atoms with Gasteiger partial charge in [0.1, 0.15) is 5.82 Å². The SMILES string of the molecule is Cc1ccc(F)c(C(N)C2C3CCc4ccccc4C32)c1. The van der Waals surface area contributed by atoms with E-state index >= 15 is 0 Å². The minimum atomic E-state index is -0.189. The van der Waals surface area contributed by atoms with Crippen LogP contribution in [0.3, 0.4) is 0 Å². The average Bonchev–Trinajstić information content (AvgIpc) is 3.24. The normalized spacial score (nSPS) is 27.7. The quantitative estimate of drug-likeness (QED) is 0.880. The van der Waals surface area contributed by atoms with Gasteiger partial charge in [0.05, 0.1) is 0 Å². The van der Waals surface area contributed by atoms with Gasteiger partial charge in [-0.2, -0.15) is 0 Å². The van der Waals surface area contributed by atoms with Crippen LogP contribution >= 0.6 is 0 Å². The van der Waals surface area contributed by atoms with Gasteiger partial charge < -0.3 is 5.73 Å². The molecule has 2 aliphatic rings. The van der Waals surface area contributed by atoms with E-state index in [-0.39, 0.29) is 11.9 Å². The summed E-state index contributed by atoms with van der Waals surface area (Å²) in [6, 6.07) is 13.7. The van der Waals surface area contributed by atoms with Crippen molar-refractivity contribution in [3.63, 3.8) is 0 Å². The van der Waals surface area contributed by atoms with Gasteiger partial charge in [-0.1, -0.05) is 42.0 Å². The Morgan fingerprint density at radius 3 is 2.86 bits per heavy atom. The van der Waals surface area contributed by atoms with Gasteiger partial charge in [-0.15, -0.1) is 0 Å². The predicted octanol–water partition coefficient (Wildman–Crippen LogP) is 4.11. The molecule has 1 nitrogen and oxygen atoms in total. The van der Waals surface area contributed by atoms with Crippen molar-refractivity contribution in [1.82, 2.24) is 0 Å². The van der Waals surface area contributed by atoms with E-state index < -0.39 is 0 Å². The third kappa shape index (κ3) is 2.01. The molecule has 0 radical (unpaired) electrons. The van der Waals surface area contributed by atoms with E-state index in [1.165, 1.54) is 17.5 Å². The van der Waals surface area contributed by atoms with Crippen molar-refractivity contribution < 1.29 is 4.39 Å². The van der Waals surface area contributed by atoms with Crippen molar-refractivity contribution in [2.75, 3.05) is 0 Å². The van der Waals surface area contributed by atoms with Gasteiger partial charge in [0.25, 0.3) is 0 Å². The highest BCUT2D eigenvalue weighted by Crippen LogP contribution is 2.63. The first-order valence-corrected chi connectivity index (χ1v) is 7.76. The molecular weight excluding hydrogens is 261 g/mol. The zero-order valence-electron chi connectivity index (χ0n) is 12.2. The summed E-state index contributed by atoms with van der Waals surface area (Å²) in [5.74, 6) is 1.40. The Kier molecular flexibility index (Phi) is 2.90. The molecule has 0 spiro atoms. The van der Waals surface area contributed by atoms with Crippen LogP contribution in [-0.2, 0) is 6.42 Å². The Balaban J connectivity index is 1.66. The minimum absolute atomic E-state index is 0.162. The Labute approximate surface area is 125 Å². The highest BCUT2D eigenvalue weighted by molar-refractivity contribution is 5.41. The van der Waals surface area contributed by atoms with Crippen molar-refractivity contribution >= 4 is 0 Å². The van der Waals surface area contributed by atoms with Crippen molar-refractivity contribution in [3.8, 4) is 0 Å². The number of nitrogens with two attached hydrogens (primary N) is 1. The number of rotatable bonds is 2. The molecule has 0 bridgehead atoms. The van der Waals surface area contributed by atoms with Gasteiger partial charge in [0, 0.05) is 11.6 Å². The van der Waals surface area contributed by atoms with E-state index in [4.69, 9.17) is 5.73 Å². The zero-order valence-corrected chi connectivity index (χ0v) is 12.2. The van der Waals surface area contributed by atoms with Crippen LogP contribution in [0.5, 0.6) is 0 Å². The fraction of sp³-hybridized carbons (Fsp3) is 0.368. The van der Waals surface area contributed by atoms with Gasteiger partial charge in [0.2, 0.25) is 0 Å². The first-order chi connectivity index (χ1) is 10.2. The minimum Gasteiger partial charge on any atom is -0.324 e. The fourth-order valence-electron chi connectivity index (χ4n) is 4.24. The maximum absolute atomic E-state index is 14.1. The molecule has 4 atom stereocenters. The van der Waals surface area contributed by atoms with Crippen LogP contribution in [0, 0.1) is 24.6 Å². The summed E-state index contributed by atoms with van der Waals surface area (Å²) in [7, 11) is 0. The van der Waals surface area contributed by atoms with Gasteiger partial charge in [-0.05, 0) is 54.7 Å². The third-order valence-corrected chi connectivity index (χ3v) is 5.32. The molecule has 21 heavy (non-hydrogen) atoms. The summed E-state index contributed by atoms with van der Waals surface area (Å²) in [6.07, 6.45) is 2.32. The van der Waals surface area contributed by atoms with Crippen LogP contribution in [0.15, 0.2) is 42.5 Å². The smallest absolute Gasteiger partial charge is 0.128 e. The van der Waals surface area contributed by atoms with Gasteiger partial charge >= 0.3 is 0 Å². The molecule has 2 aliphatic carbocycles. The summed E-state index contributed by atoms with van der Waals surface area (Å²) >= 11 is 0. The standard InChI is InChI=1S/C19H20FN/c1-11-6-9-16(20)15(10-11)19(21)18-14-8-7-12-4-2-3-5-13(12)17(14)18/h2-6,9-10,14,17-19H,7-8,21H2,1H3. The maximum Gasteiger partial charge on any atom is 0.128 e. The number of benzene rings is 2. The maximum atomic E-state index is 14.1. The van der Waals surface area contributed by atoms with E-state index in [2.05, 4.69) is 24.3 Å². The highest BCUT2D eigenvalue weighted by atomic mass is 19.1. The van der Waals surface area contributed by atoms with Crippen LogP contribution in [0.1, 0.15) is 40.6 Å². The molecule has 0 amide bonds. The van der Waals surface area contributed by atoms with Crippen LogP contribution in [0.4, 0.5) is 4.39 Å². The lowest BCUT2D eigenvalue weighted by atomic mass is 9.92. The van der Waals surface area contributed by atoms with Crippen LogP contribution in [0.25, 0.3) is 0 Å². The first kappa shape index (κ1) is 13.0. The monoisotopic (exact) mass is 281 g/mol. The topological polar surface area (TPSA) is 26.0 Å². The molecule has 0 heterocycles. The van der Waals surface area contributed by atoms with Gasteiger partial charge in [0.15, 0.2) is 0 Å². The number of hydrogen-bond acceptors (Lipinski definition) is 1. The fourth-order valence-corrected chi connectivity index (χ4v) is 4.24. The Hall–Kier alpha value is -1.67. The average molecular weight is 281 g/mol. The third-order valence-electron chi connectivity index (χ3n) is 5.32. The van der Waals surface area contributed by atoms with Crippen LogP contribution in [-0.4, -0.2) is 0 Å². The summed E-state index contributed by atoms with van der Waals surface area (Å²) in [6.45, 7) is 1.99. The van der Waals surface area contributed by atoms with Crippen molar-refractivity contribution in [1.29, 1.82) is 0 Å². The molecular formula is C19H20FN. The summed E-state index contributed by atoms with van der Waals surface area (Å²) < 4.78 is 14.1. The van der Waals surface area contributed by atoms with Gasteiger partial charge in [-0.3, -0.25) is 0 Å². The molecule has 4 unspecified atom stereocenters. The highest BCUT2D eigenvalue weighted by Gasteiger charge is 2.56. The van der Waals surface area contributed by atoms with E-state index in [1.54, 1.807) is 12.1 Å². The molecule has 2 heteroatoms. The predicted molar refractivity (Wildman–Crippen MR) is 82.5 cm³/mol. The lowest BCUT2D eigenvalue weighted by Gasteiger charge is -2.14. The molecule has 2 aromatic rings. The summed E-state index contributed by atoms with van der Waals surface area (Å²) in [5.41, 5.74) is 11.1. The zero-order chi connectivity index (χ0) is 14.6. The van der Waals surface area contributed by atoms with E-state index in [0.29, 0.717) is 23.3 Å². The molecule has 2 N–H and O–H groups in total. The molecule has 0 aliphatic heterocycles. The lowest BCUT2D eigenvalue weighted by molar-refractivity contribution is 0.519. The Morgan fingerprint density at radius 2 is 2.00 bits per heavy atom. The molecule has 1 saturated carbocycles. The van der Waals surface area contributed by atoms with Crippen molar-refractivity contribution in [2.24, 2.45) is 17.6 Å². The second-order valence-electron chi connectivity index (χ2n) is 6.56. The molecule has 0 saturated heterocycles. The van der Waals surface area contributed by atoms with Crippen molar-refractivity contribution in [3.05, 3.63) is 70.5 Å². The molecule has 1 fully saturated rings. The van der Waals surface area contributed by atoms with E-state index in [9.17, 15) is 4.39 Å². The van der Waals surface area contributed by atoms with Crippen LogP contribution < -0.4 is 5.73 Å². The number of fused-ring (bicyclic) bond motifs is 3. The Morgan fingerprint density at radius 1 is 1.19 bits per heavy atom. The number of aryl methyl sites for hydroxylation is 2. The largest absolute Gasteiger partial charge is 0.324 e. The van der Waals surface area contributed by atoms with E-state index in [1.807, 2.05) is 13.0 Å². The number of halogens is 1. The second kappa shape index (κ2) is 4.67. The van der Waals surface area contributed by atoms with Gasteiger partial charge in [-0.25, -0.2) is 4.39 Å². The number of hydrogen-bond donors (Lipinski definition) is 1. The summed E-state index contributed by atoms with van der Waals surface area (Å²) in [5, 5.41) is 0. The molecule has 2 aromatic carbocycles. The molecule has 4 rings (SSSR count). The lowest BCUT2D eigenvalue weighted by Crippen LogP contribution is -2.16. The summed E-state index contributed by atoms with van der Waals surface area (Å²) in [4.78, 5) is 0. The van der Waals surface area contributed by atoms with Crippen LogP contribution in [0.2, 0.25) is 0 Å². The van der Waals surface area contributed by atoms with Crippen molar-refractivity contribution in [2.45, 2.75) is 31.7 Å². The first-order valence-electron chi connectivity index (χ1n) is 7.76. The Bertz CT molecular complexity index is 694. The molecule has 0 aromatic heterocycles. The molecule has 108 valence electrons. The second-order valence-corrected chi connectivity index (χ2v) is 6.56.